The summed E-state index contributed by atoms with van der Waals surface area (Å²) >= 11 is 0. The molecule has 2 rings (SSSR count). The van der Waals surface area contributed by atoms with Crippen LogP contribution in [0.5, 0.6) is 0 Å². The standard InChI is InChI=1S/C10H16N2O2/c1-8(2,3)9-5-10(9,7(13)14-4)12-11-6-9/h5-6H2,1-4H3. The Morgan fingerprint density at radius 3 is 2.50 bits per heavy atom. The summed E-state index contributed by atoms with van der Waals surface area (Å²) in [5, 5.41) is 8.12. The van der Waals surface area contributed by atoms with E-state index in [1.165, 1.54) is 7.11 Å². The molecule has 0 aromatic carbocycles. The van der Waals surface area contributed by atoms with Crippen LogP contribution < -0.4 is 0 Å². The topological polar surface area (TPSA) is 51.0 Å². The summed E-state index contributed by atoms with van der Waals surface area (Å²) in [6.07, 6.45) is 0.791. The minimum absolute atomic E-state index is 0.0463. The Labute approximate surface area is 83.7 Å². The lowest BCUT2D eigenvalue weighted by atomic mass is 9.75. The van der Waals surface area contributed by atoms with Crippen LogP contribution in [-0.2, 0) is 9.53 Å². The van der Waals surface area contributed by atoms with Gasteiger partial charge in [-0.25, -0.2) is 4.79 Å². The van der Waals surface area contributed by atoms with Crippen LogP contribution in [0.1, 0.15) is 27.2 Å². The third kappa shape index (κ3) is 0.817. The molecule has 0 aromatic heterocycles. The molecule has 0 amide bonds. The van der Waals surface area contributed by atoms with E-state index in [-0.39, 0.29) is 16.8 Å². The summed E-state index contributed by atoms with van der Waals surface area (Å²) in [5.41, 5.74) is -0.697. The molecule has 0 saturated heterocycles. The third-order valence-electron chi connectivity index (χ3n) is 3.77. The van der Waals surface area contributed by atoms with Crippen molar-refractivity contribution >= 4 is 5.97 Å². The van der Waals surface area contributed by atoms with Crippen molar-refractivity contribution in [3.05, 3.63) is 0 Å². The normalized spacial score (nSPS) is 39.4. The molecule has 78 valence electrons. The molecule has 4 heteroatoms. The summed E-state index contributed by atoms with van der Waals surface area (Å²) in [6.45, 7) is 7.06. The van der Waals surface area contributed by atoms with Crippen LogP contribution in [-0.4, -0.2) is 25.2 Å². The van der Waals surface area contributed by atoms with Crippen LogP contribution in [0.15, 0.2) is 10.2 Å². The van der Waals surface area contributed by atoms with E-state index in [1.807, 2.05) is 0 Å². The number of hydrogen-bond donors (Lipinski definition) is 0. The molecule has 1 saturated carbocycles. The zero-order chi connectivity index (χ0) is 10.6. The molecule has 2 atom stereocenters. The summed E-state index contributed by atoms with van der Waals surface area (Å²) in [6, 6.07) is 0. The second-order valence-electron chi connectivity index (χ2n) is 5.26. The van der Waals surface area contributed by atoms with Crippen molar-refractivity contribution in [2.45, 2.75) is 32.7 Å². The average Bonchev–Trinajstić information content (AvgIpc) is 2.64. The molecule has 0 N–H and O–H groups in total. The van der Waals surface area contributed by atoms with Crippen molar-refractivity contribution in [1.82, 2.24) is 0 Å². The highest BCUT2D eigenvalue weighted by Crippen LogP contribution is 2.71. The van der Waals surface area contributed by atoms with Crippen LogP contribution >= 0.6 is 0 Å². The van der Waals surface area contributed by atoms with Gasteiger partial charge < -0.3 is 4.74 Å². The first-order chi connectivity index (χ1) is 6.40. The Kier molecular flexibility index (Phi) is 1.62. The van der Waals surface area contributed by atoms with Gasteiger partial charge in [-0.2, -0.15) is 10.2 Å². The molecule has 1 aliphatic carbocycles. The third-order valence-corrected chi connectivity index (χ3v) is 3.77. The fourth-order valence-electron chi connectivity index (χ4n) is 2.59. The van der Waals surface area contributed by atoms with Gasteiger partial charge in [0.2, 0.25) is 0 Å². The van der Waals surface area contributed by atoms with Gasteiger partial charge in [-0.05, 0) is 11.8 Å². The van der Waals surface area contributed by atoms with Gasteiger partial charge in [0, 0.05) is 5.41 Å². The number of methoxy groups -OCH3 is 1. The van der Waals surface area contributed by atoms with Crippen molar-refractivity contribution in [1.29, 1.82) is 0 Å². The Morgan fingerprint density at radius 1 is 1.43 bits per heavy atom. The lowest BCUT2D eigenvalue weighted by molar-refractivity contribution is -0.144. The first kappa shape index (κ1) is 9.62. The quantitative estimate of drug-likeness (QED) is 0.600. The maximum absolute atomic E-state index is 11.7. The van der Waals surface area contributed by atoms with Crippen LogP contribution in [0.4, 0.5) is 0 Å². The van der Waals surface area contributed by atoms with E-state index < -0.39 is 5.54 Å². The molecule has 0 spiro atoms. The highest BCUT2D eigenvalue weighted by atomic mass is 16.5. The predicted octanol–water partition coefficient (Wildman–Crippen LogP) is 1.80. The fourth-order valence-corrected chi connectivity index (χ4v) is 2.59. The van der Waals surface area contributed by atoms with Crippen LogP contribution in [0, 0.1) is 10.8 Å². The molecule has 1 aliphatic heterocycles. The van der Waals surface area contributed by atoms with Crippen LogP contribution in [0.3, 0.4) is 0 Å². The molecule has 1 fully saturated rings. The van der Waals surface area contributed by atoms with E-state index in [0.717, 1.165) is 6.42 Å². The molecule has 1 heterocycles. The van der Waals surface area contributed by atoms with Crippen molar-refractivity contribution in [2.75, 3.05) is 13.7 Å². The number of nitrogens with zero attached hydrogens (tertiary/aromatic N) is 2. The van der Waals surface area contributed by atoms with E-state index in [2.05, 4.69) is 31.0 Å². The molecule has 2 aliphatic rings. The second kappa shape index (κ2) is 2.35. The van der Waals surface area contributed by atoms with E-state index >= 15 is 0 Å². The predicted molar refractivity (Wildman–Crippen MR) is 51.0 cm³/mol. The number of rotatable bonds is 1. The van der Waals surface area contributed by atoms with Crippen LogP contribution in [0.2, 0.25) is 0 Å². The lowest BCUT2D eigenvalue weighted by Gasteiger charge is -2.29. The largest absolute Gasteiger partial charge is 0.467 e. The van der Waals surface area contributed by atoms with Gasteiger partial charge in [0.25, 0.3) is 0 Å². The maximum atomic E-state index is 11.7. The Balaban J connectivity index is 2.34. The number of ether oxygens (including phenoxy) is 1. The Morgan fingerprint density at radius 2 is 2.07 bits per heavy atom. The van der Waals surface area contributed by atoms with E-state index in [0.29, 0.717) is 6.54 Å². The van der Waals surface area contributed by atoms with E-state index in [1.54, 1.807) is 0 Å². The minimum atomic E-state index is -0.653. The van der Waals surface area contributed by atoms with Gasteiger partial charge in [-0.1, -0.05) is 20.8 Å². The first-order valence-corrected chi connectivity index (χ1v) is 4.87. The second-order valence-corrected chi connectivity index (χ2v) is 5.26. The van der Waals surface area contributed by atoms with Gasteiger partial charge >= 0.3 is 5.97 Å². The zero-order valence-electron chi connectivity index (χ0n) is 9.13. The monoisotopic (exact) mass is 196 g/mol. The number of esters is 1. The number of carbonyl (C=O) groups excluding carboxylic acids is 1. The summed E-state index contributed by atoms with van der Waals surface area (Å²) in [5.74, 6) is -0.228. The summed E-state index contributed by atoms with van der Waals surface area (Å²) in [4.78, 5) is 11.7. The van der Waals surface area contributed by atoms with Crippen molar-refractivity contribution in [3.63, 3.8) is 0 Å². The summed E-state index contributed by atoms with van der Waals surface area (Å²) in [7, 11) is 1.41. The van der Waals surface area contributed by atoms with Crippen LogP contribution in [0.25, 0.3) is 0 Å². The number of azo groups is 1. The molecule has 2 unspecified atom stereocenters. The number of fused-ring (bicyclic) bond motifs is 1. The molecular weight excluding hydrogens is 180 g/mol. The van der Waals surface area contributed by atoms with Crippen molar-refractivity contribution < 1.29 is 9.53 Å². The minimum Gasteiger partial charge on any atom is -0.467 e. The van der Waals surface area contributed by atoms with Crippen molar-refractivity contribution in [3.8, 4) is 0 Å². The maximum Gasteiger partial charge on any atom is 0.336 e. The van der Waals surface area contributed by atoms with Gasteiger partial charge in [0.05, 0.1) is 13.7 Å². The molecule has 0 aromatic rings. The SMILES string of the molecule is COC(=O)C12CC1(C(C)(C)C)CN=N2. The first-order valence-electron chi connectivity index (χ1n) is 4.87. The van der Waals surface area contributed by atoms with Gasteiger partial charge in [-0.15, -0.1) is 0 Å². The van der Waals surface area contributed by atoms with E-state index in [4.69, 9.17) is 4.74 Å². The van der Waals surface area contributed by atoms with E-state index in [9.17, 15) is 4.79 Å². The fraction of sp³-hybridized carbons (Fsp3) is 0.900. The van der Waals surface area contributed by atoms with Crippen molar-refractivity contribution in [2.24, 2.45) is 21.1 Å². The zero-order valence-corrected chi connectivity index (χ0v) is 9.13. The lowest BCUT2D eigenvalue weighted by Crippen LogP contribution is -2.36. The molecule has 0 radical (unpaired) electrons. The van der Waals surface area contributed by atoms with Gasteiger partial charge in [0.15, 0.2) is 5.54 Å². The molecular formula is C10H16N2O2. The highest BCUT2D eigenvalue weighted by Gasteiger charge is 2.80. The smallest absolute Gasteiger partial charge is 0.336 e. The molecule has 0 bridgehead atoms. The van der Waals surface area contributed by atoms with Gasteiger partial charge in [-0.3, -0.25) is 0 Å². The Bertz CT molecular complexity index is 319. The number of hydrogen-bond acceptors (Lipinski definition) is 4. The molecule has 4 nitrogen and oxygen atoms in total. The Hall–Kier alpha value is -0.930. The highest BCUT2D eigenvalue weighted by molar-refractivity contribution is 5.87. The number of carbonyl (C=O) groups is 1. The molecule has 14 heavy (non-hydrogen) atoms. The summed E-state index contributed by atoms with van der Waals surface area (Å²) < 4.78 is 4.81. The average molecular weight is 196 g/mol. The van der Waals surface area contributed by atoms with Gasteiger partial charge in [0.1, 0.15) is 0 Å².